The third-order valence-electron chi connectivity index (χ3n) is 8.26. The van der Waals surface area contributed by atoms with Gasteiger partial charge in [0.05, 0.1) is 5.56 Å². The van der Waals surface area contributed by atoms with Gasteiger partial charge in [0.1, 0.15) is 5.75 Å². The van der Waals surface area contributed by atoms with Crippen LogP contribution in [0.3, 0.4) is 0 Å². The molecule has 0 N–H and O–H groups in total. The van der Waals surface area contributed by atoms with Gasteiger partial charge in [-0.05, 0) is 93.6 Å². The van der Waals surface area contributed by atoms with Crippen LogP contribution in [-0.4, -0.2) is 36.7 Å². The Bertz CT molecular complexity index is 1960. The first-order valence-electron chi connectivity index (χ1n) is 16.0. The number of alkyl halides is 18. The van der Waals surface area contributed by atoms with Crippen LogP contribution < -0.4 is 9.47 Å². The third-order valence-corrected chi connectivity index (χ3v) is 8.26. The van der Waals surface area contributed by atoms with Crippen LogP contribution >= 0.6 is 0 Å². The number of benzene rings is 3. The Hall–Kier alpha value is -4.92. The maximum absolute atomic E-state index is 13.2. The predicted octanol–water partition coefficient (Wildman–Crippen LogP) is 15.3. The van der Waals surface area contributed by atoms with Crippen LogP contribution in [0.5, 0.6) is 11.5 Å². The molecular formula is C38H32F20O2. The van der Waals surface area contributed by atoms with Gasteiger partial charge in [0.15, 0.2) is 17.0 Å². The summed E-state index contributed by atoms with van der Waals surface area (Å²) < 4.78 is 263. The molecule has 0 amide bonds. The lowest BCUT2D eigenvalue weighted by Gasteiger charge is -2.35. The van der Waals surface area contributed by atoms with Gasteiger partial charge in [-0.25, -0.2) is 8.78 Å². The van der Waals surface area contributed by atoms with Gasteiger partial charge >= 0.3 is 37.2 Å². The van der Waals surface area contributed by atoms with E-state index in [-0.39, 0.29) is 30.5 Å². The van der Waals surface area contributed by atoms with Crippen LogP contribution in [0.1, 0.15) is 68.0 Å². The fraction of sp³-hybridized carbons (Fsp3) is 0.368. The largest absolute Gasteiger partial charge is 0.573 e. The zero-order valence-corrected chi connectivity index (χ0v) is 31.6. The van der Waals surface area contributed by atoms with Gasteiger partial charge in [-0.2, -0.15) is 65.9 Å². The smallest absolute Gasteiger partial charge is 0.468 e. The first-order valence-corrected chi connectivity index (χ1v) is 16.0. The minimum atomic E-state index is -5.99. The molecule has 0 spiro atoms. The highest BCUT2D eigenvalue weighted by atomic mass is 19.4. The molecule has 0 fully saturated rings. The van der Waals surface area contributed by atoms with Crippen molar-refractivity contribution in [1.82, 2.24) is 0 Å². The first-order chi connectivity index (χ1) is 26.5. The van der Waals surface area contributed by atoms with Crippen molar-refractivity contribution in [3.05, 3.63) is 113 Å². The summed E-state index contributed by atoms with van der Waals surface area (Å²) in [5.74, 6) is -5.84. The highest BCUT2D eigenvalue weighted by molar-refractivity contribution is 5.65. The molecule has 336 valence electrons. The lowest BCUT2D eigenvalue weighted by molar-refractivity contribution is -0.350. The zero-order chi connectivity index (χ0) is 47.6. The van der Waals surface area contributed by atoms with Gasteiger partial charge in [0.2, 0.25) is 5.75 Å². The Labute approximate surface area is 328 Å². The molecule has 0 aliphatic heterocycles. The van der Waals surface area contributed by atoms with Crippen LogP contribution in [0, 0.1) is 18.6 Å². The quantitative estimate of drug-likeness (QED) is 0.220. The molecular weight excluding hydrogens is 868 g/mol. The standard InChI is InChI=1S/C15H13F9O.C13H12F6.C10H7F5O/c1-7(2)9-5-8(3)11(10(6-9)13(16,17)18)25-12(4,14(19,20)21)15(22,23)24;1-8(2)9-4-6-10(7-5-9)11(3,12(14,15)16)13(17,18)19;1-5(2)6-3-7(11)9(8(12)4-6)16-10(13,14)15/h5-6H,1H2,2-4H3;4-7H,1H2,2-3H3;3-4H,1H2,2H3. The second-order valence-corrected chi connectivity index (χ2v) is 13.2. The molecule has 0 aromatic heterocycles. The molecule has 0 heterocycles. The van der Waals surface area contributed by atoms with E-state index in [0.717, 1.165) is 37.3 Å². The molecule has 3 aromatic rings. The van der Waals surface area contributed by atoms with Gasteiger partial charge in [0.25, 0.3) is 5.60 Å². The second-order valence-electron chi connectivity index (χ2n) is 13.2. The molecule has 0 unspecified atom stereocenters. The van der Waals surface area contributed by atoms with E-state index in [1.165, 1.54) is 26.0 Å². The van der Waals surface area contributed by atoms with E-state index < -0.39 is 88.1 Å². The summed E-state index contributed by atoms with van der Waals surface area (Å²) in [5.41, 5.74) is -10.3. The Morgan fingerprint density at radius 2 is 0.850 bits per heavy atom. The van der Waals surface area contributed by atoms with E-state index in [1.54, 1.807) is 6.92 Å². The van der Waals surface area contributed by atoms with Crippen molar-refractivity contribution in [2.45, 2.75) is 89.8 Å². The number of allylic oxidation sites excluding steroid dienone is 3. The van der Waals surface area contributed by atoms with E-state index in [9.17, 15) is 87.8 Å². The maximum atomic E-state index is 13.2. The highest BCUT2D eigenvalue weighted by Gasteiger charge is 2.71. The average molecular weight is 901 g/mol. The van der Waals surface area contributed by atoms with Crippen molar-refractivity contribution in [3.8, 4) is 11.5 Å². The minimum Gasteiger partial charge on any atom is -0.468 e. The summed E-state index contributed by atoms with van der Waals surface area (Å²) in [7, 11) is 0. The van der Waals surface area contributed by atoms with Crippen LogP contribution in [0.25, 0.3) is 16.7 Å². The lowest BCUT2D eigenvalue weighted by atomic mass is 9.80. The molecule has 60 heavy (non-hydrogen) atoms. The molecule has 3 aromatic carbocycles. The van der Waals surface area contributed by atoms with Crippen molar-refractivity contribution in [1.29, 1.82) is 0 Å². The summed E-state index contributed by atoms with van der Waals surface area (Å²) >= 11 is 0. The van der Waals surface area contributed by atoms with E-state index in [4.69, 9.17) is 0 Å². The summed E-state index contributed by atoms with van der Waals surface area (Å²) in [6.45, 7) is 15.5. The second kappa shape index (κ2) is 18.0. The van der Waals surface area contributed by atoms with Crippen LogP contribution in [-0.2, 0) is 11.6 Å². The fourth-order valence-corrected chi connectivity index (χ4v) is 4.44. The molecule has 22 heteroatoms. The normalized spacial score (nSPS) is 13.0. The maximum Gasteiger partial charge on any atom is 0.573 e. The Kier molecular flexibility index (Phi) is 15.9. The Morgan fingerprint density at radius 1 is 0.483 bits per heavy atom. The SMILES string of the molecule is C=C(C)c1cc(C)c(OC(C)(C(F)(F)F)C(F)(F)F)c(C(F)(F)F)c1.C=C(C)c1cc(F)c(OC(F)(F)F)c(F)c1.C=C(C)c1ccc(C(C)(C(F)(F)F)C(F)(F)F)cc1. The van der Waals surface area contributed by atoms with Gasteiger partial charge in [-0.15, -0.1) is 13.2 Å². The molecule has 0 aliphatic carbocycles. The lowest BCUT2D eigenvalue weighted by Crippen LogP contribution is -2.59. The fourth-order valence-electron chi connectivity index (χ4n) is 4.44. The van der Waals surface area contributed by atoms with Crippen molar-refractivity contribution < 1.29 is 97.3 Å². The van der Waals surface area contributed by atoms with Crippen LogP contribution in [0.2, 0.25) is 0 Å². The number of ether oxygens (including phenoxy) is 2. The van der Waals surface area contributed by atoms with Crippen LogP contribution in [0.15, 0.2) is 68.3 Å². The number of rotatable bonds is 7. The number of hydrogen-bond donors (Lipinski definition) is 0. The molecule has 0 radical (unpaired) electrons. The molecule has 3 rings (SSSR count). The minimum absolute atomic E-state index is 0.0736. The van der Waals surface area contributed by atoms with E-state index in [2.05, 4.69) is 29.2 Å². The van der Waals surface area contributed by atoms with Gasteiger partial charge in [-0.1, -0.05) is 60.7 Å². The molecule has 2 nitrogen and oxygen atoms in total. The van der Waals surface area contributed by atoms with E-state index >= 15 is 0 Å². The van der Waals surface area contributed by atoms with Gasteiger partial charge in [0, 0.05) is 0 Å². The molecule has 0 aliphatic rings. The van der Waals surface area contributed by atoms with E-state index in [0.29, 0.717) is 22.8 Å². The summed E-state index contributed by atoms with van der Waals surface area (Å²) in [6.07, 6.45) is -33.2. The topological polar surface area (TPSA) is 18.5 Å². The zero-order valence-electron chi connectivity index (χ0n) is 31.6. The van der Waals surface area contributed by atoms with Crippen molar-refractivity contribution in [3.63, 3.8) is 0 Å². The molecule has 0 saturated heterocycles. The number of halogens is 20. The van der Waals surface area contributed by atoms with Crippen LogP contribution in [0.4, 0.5) is 87.8 Å². The van der Waals surface area contributed by atoms with E-state index in [1.807, 2.05) is 0 Å². The Balaban J connectivity index is 0.000000462. The predicted molar refractivity (Wildman–Crippen MR) is 180 cm³/mol. The highest BCUT2D eigenvalue weighted by Crippen LogP contribution is 2.52. The average Bonchev–Trinajstić information content (AvgIpc) is 3.04. The molecule has 0 bridgehead atoms. The summed E-state index contributed by atoms with van der Waals surface area (Å²) in [6, 6.07) is 6.91. The monoisotopic (exact) mass is 900 g/mol. The summed E-state index contributed by atoms with van der Waals surface area (Å²) in [5, 5.41) is 0. The van der Waals surface area contributed by atoms with Gasteiger partial charge in [-0.3, -0.25) is 0 Å². The molecule has 0 saturated carbocycles. The number of aryl methyl sites for hydroxylation is 1. The molecule has 0 atom stereocenters. The summed E-state index contributed by atoms with van der Waals surface area (Å²) in [4.78, 5) is 0. The van der Waals surface area contributed by atoms with Crippen molar-refractivity contribution in [2.24, 2.45) is 0 Å². The Morgan fingerprint density at radius 3 is 1.15 bits per heavy atom. The van der Waals surface area contributed by atoms with Crippen molar-refractivity contribution in [2.75, 3.05) is 0 Å². The third kappa shape index (κ3) is 12.6. The van der Waals surface area contributed by atoms with Crippen molar-refractivity contribution >= 4 is 16.7 Å². The number of hydrogen-bond acceptors (Lipinski definition) is 2. The van der Waals surface area contributed by atoms with Gasteiger partial charge < -0.3 is 9.47 Å². The first kappa shape index (κ1) is 53.1.